The maximum absolute atomic E-state index is 12.4. The van der Waals surface area contributed by atoms with Gasteiger partial charge in [0.25, 0.3) is 5.91 Å². The molecule has 0 aliphatic heterocycles. The van der Waals surface area contributed by atoms with Gasteiger partial charge in [-0.15, -0.1) is 11.3 Å². The van der Waals surface area contributed by atoms with Gasteiger partial charge >= 0.3 is 0 Å². The Morgan fingerprint density at radius 2 is 1.92 bits per heavy atom. The molecule has 0 radical (unpaired) electrons. The Hall–Kier alpha value is -2.70. The number of thiazole rings is 1. The topological polar surface area (TPSA) is 68.0 Å². The molecule has 5 nitrogen and oxygen atoms in total. The summed E-state index contributed by atoms with van der Waals surface area (Å²) in [6, 6.07) is 14.6. The summed E-state index contributed by atoms with van der Waals surface area (Å²) < 4.78 is 5.28. The number of fused-ring (bicyclic) bond motifs is 1. The summed E-state index contributed by atoms with van der Waals surface area (Å²) in [4.78, 5) is 17.1. The number of carbonyl (C=O) groups is 1. The summed E-state index contributed by atoms with van der Waals surface area (Å²) in [5.74, 6) is -0.264. The van der Waals surface area contributed by atoms with Crippen molar-refractivity contribution >= 4 is 45.5 Å². The molecule has 0 aliphatic carbocycles. The number of hydrogen-bond acceptors (Lipinski definition) is 5. The van der Waals surface area contributed by atoms with Crippen LogP contribution >= 0.6 is 22.9 Å². The van der Waals surface area contributed by atoms with Crippen LogP contribution in [0, 0.1) is 0 Å². The summed E-state index contributed by atoms with van der Waals surface area (Å²) in [6.07, 6.45) is 1.52. The van der Waals surface area contributed by atoms with E-state index in [1.54, 1.807) is 24.3 Å². The van der Waals surface area contributed by atoms with Gasteiger partial charge in [0.15, 0.2) is 5.58 Å². The number of para-hydroxylation sites is 2. The SMILES string of the molecule is O=C(Nc1ccccc1Cl)c1cnc(-c2noc3ccccc23)s1. The van der Waals surface area contributed by atoms with Gasteiger partial charge in [0.05, 0.1) is 22.3 Å². The molecule has 0 aliphatic rings. The van der Waals surface area contributed by atoms with Crippen molar-refractivity contribution in [3.8, 4) is 10.7 Å². The molecule has 24 heavy (non-hydrogen) atoms. The summed E-state index contributed by atoms with van der Waals surface area (Å²) in [7, 11) is 0. The Morgan fingerprint density at radius 3 is 2.79 bits per heavy atom. The van der Waals surface area contributed by atoms with E-state index in [0.29, 0.717) is 31.9 Å². The van der Waals surface area contributed by atoms with Crippen molar-refractivity contribution in [3.05, 3.63) is 64.6 Å². The van der Waals surface area contributed by atoms with Gasteiger partial charge in [-0.1, -0.05) is 41.0 Å². The van der Waals surface area contributed by atoms with Crippen LogP contribution in [-0.4, -0.2) is 16.0 Å². The highest BCUT2D eigenvalue weighted by atomic mass is 35.5. The van der Waals surface area contributed by atoms with E-state index in [-0.39, 0.29) is 5.91 Å². The molecule has 0 unspecified atom stereocenters. The largest absolute Gasteiger partial charge is 0.356 e. The minimum absolute atomic E-state index is 0.264. The second-order valence-electron chi connectivity index (χ2n) is 4.99. The van der Waals surface area contributed by atoms with Crippen molar-refractivity contribution in [2.24, 2.45) is 0 Å². The van der Waals surface area contributed by atoms with E-state index < -0.39 is 0 Å². The third-order valence-corrected chi connectivity index (χ3v) is 4.76. The molecular formula is C17H10ClN3O2S. The molecule has 7 heteroatoms. The molecule has 0 saturated carbocycles. The van der Waals surface area contributed by atoms with Crippen LogP contribution in [0.15, 0.2) is 59.3 Å². The van der Waals surface area contributed by atoms with Crippen molar-refractivity contribution in [3.63, 3.8) is 0 Å². The number of nitrogens with one attached hydrogen (secondary N) is 1. The number of halogens is 1. The lowest BCUT2D eigenvalue weighted by Gasteiger charge is -2.04. The first-order chi connectivity index (χ1) is 11.7. The molecule has 0 atom stereocenters. The molecule has 1 N–H and O–H groups in total. The highest BCUT2D eigenvalue weighted by Crippen LogP contribution is 2.31. The summed E-state index contributed by atoms with van der Waals surface area (Å²) >= 11 is 7.31. The molecule has 2 aromatic heterocycles. The van der Waals surface area contributed by atoms with Gasteiger partial charge in [0.2, 0.25) is 0 Å². The number of carbonyl (C=O) groups excluding carboxylic acids is 1. The van der Waals surface area contributed by atoms with Gasteiger partial charge in [-0.2, -0.15) is 0 Å². The lowest BCUT2D eigenvalue weighted by atomic mass is 10.2. The van der Waals surface area contributed by atoms with E-state index in [2.05, 4.69) is 15.5 Å². The number of amides is 1. The Bertz CT molecular complexity index is 1040. The van der Waals surface area contributed by atoms with Crippen LogP contribution in [0.1, 0.15) is 9.67 Å². The maximum Gasteiger partial charge on any atom is 0.267 e. The number of rotatable bonds is 3. The van der Waals surface area contributed by atoms with Crippen LogP contribution in [-0.2, 0) is 0 Å². The predicted molar refractivity (Wildman–Crippen MR) is 94.5 cm³/mol. The maximum atomic E-state index is 12.4. The zero-order valence-electron chi connectivity index (χ0n) is 12.2. The molecule has 4 aromatic rings. The second kappa shape index (κ2) is 6.07. The van der Waals surface area contributed by atoms with Crippen LogP contribution in [0.25, 0.3) is 21.7 Å². The smallest absolute Gasteiger partial charge is 0.267 e. The number of anilines is 1. The summed E-state index contributed by atoms with van der Waals surface area (Å²) in [6.45, 7) is 0. The van der Waals surface area contributed by atoms with E-state index in [1.165, 1.54) is 17.5 Å². The Balaban J connectivity index is 1.63. The van der Waals surface area contributed by atoms with Gasteiger partial charge in [0, 0.05) is 0 Å². The van der Waals surface area contributed by atoms with Crippen LogP contribution in [0.2, 0.25) is 5.02 Å². The zero-order chi connectivity index (χ0) is 16.5. The first-order valence-electron chi connectivity index (χ1n) is 7.09. The minimum Gasteiger partial charge on any atom is -0.356 e. The Labute approximate surface area is 145 Å². The van der Waals surface area contributed by atoms with E-state index in [0.717, 1.165) is 5.39 Å². The molecule has 1 amide bonds. The molecule has 0 saturated heterocycles. The lowest BCUT2D eigenvalue weighted by Crippen LogP contribution is -2.10. The average Bonchev–Trinajstić information content (AvgIpc) is 3.23. The van der Waals surface area contributed by atoms with Crippen LogP contribution in [0.3, 0.4) is 0 Å². The van der Waals surface area contributed by atoms with Gasteiger partial charge in [-0.05, 0) is 24.3 Å². The monoisotopic (exact) mass is 355 g/mol. The molecule has 0 spiro atoms. The molecular weight excluding hydrogens is 346 g/mol. The van der Waals surface area contributed by atoms with Crippen LogP contribution in [0.4, 0.5) is 5.69 Å². The lowest BCUT2D eigenvalue weighted by molar-refractivity contribution is 0.103. The molecule has 2 heterocycles. The zero-order valence-corrected chi connectivity index (χ0v) is 13.8. The van der Waals surface area contributed by atoms with E-state index in [4.69, 9.17) is 16.1 Å². The normalized spacial score (nSPS) is 10.9. The van der Waals surface area contributed by atoms with E-state index in [1.807, 2.05) is 24.3 Å². The van der Waals surface area contributed by atoms with Crippen LogP contribution in [0.5, 0.6) is 0 Å². The molecule has 0 bridgehead atoms. The third-order valence-electron chi connectivity index (χ3n) is 3.43. The van der Waals surface area contributed by atoms with Gasteiger partial charge in [-0.25, -0.2) is 4.98 Å². The fourth-order valence-corrected chi connectivity index (χ4v) is 3.26. The predicted octanol–water partition coefficient (Wildman–Crippen LogP) is 4.86. The van der Waals surface area contributed by atoms with Crippen molar-refractivity contribution in [1.29, 1.82) is 0 Å². The quantitative estimate of drug-likeness (QED) is 0.570. The number of benzene rings is 2. The number of hydrogen-bond donors (Lipinski definition) is 1. The highest BCUT2D eigenvalue weighted by Gasteiger charge is 2.17. The molecule has 2 aromatic carbocycles. The summed E-state index contributed by atoms with van der Waals surface area (Å²) in [5, 5.41) is 8.81. The van der Waals surface area contributed by atoms with Crippen molar-refractivity contribution in [1.82, 2.24) is 10.1 Å². The second-order valence-corrected chi connectivity index (χ2v) is 6.43. The van der Waals surface area contributed by atoms with Gasteiger partial charge < -0.3 is 9.84 Å². The minimum atomic E-state index is -0.264. The van der Waals surface area contributed by atoms with Gasteiger partial charge in [0.1, 0.15) is 15.6 Å². The fourth-order valence-electron chi connectivity index (χ4n) is 2.28. The Morgan fingerprint density at radius 1 is 1.12 bits per heavy atom. The molecule has 0 fully saturated rings. The number of aromatic nitrogens is 2. The third kappa shape index (κ3) is 2.66. The standard InChI is InChI=1S/C17H10ClN3O2S/c18-11-6-2-3-7-12(11)20-16(22)14-9-19-17(24-14)15-10-5-1-4-8-13(10)23-21-15/h1-9H,(H,20,22). The first-order valence-corrected chi connectivity index (χ1v) is 8.28. The van der Waals surface area contributed by atoms with Gasteiger partial charge in [-0.3, -0.25) is 4.79 Å². The van der Waals surface area contributed by atoms with E-state index in [9.17, 15) is 4.79 Å². The van der Waals surface area contributed by atoms with Crippen molar-refractivity contribution in [2.45, 2.75) is 0 Å². The first kappa shape index (κ1) is 14.9. The van der Waals surface area contributed by atoms with E-state index >= 15 is 0 Å². The molecule has 118 valence electrons. The highest BCUT2D eigenvalue weighted by molar-refractivity contribution is 7.17. The molecule has 4 rings (SSSR count). The fraction of sp³-hybridized carbons (Fsp3) is 0. The van der Waals surface area contributed by atoms with Crippen molar-refractivity contribution in [2.75, 3.05) is 5.32 Å². The average molecular weight is 356 g/mol. The van der Waals surface area contributed by atoms with Crippen molar-refractivity contribution < 1.29 is 9.32 Å². The van der Waals surface area contributed by atoms with Crippen LogP contribution < -0.4 is 5.32 Å². The summed E-state index contributed by atoms with van der Waals surface area (Å²) in [5.41, 5.74) is 1.88. The Kier molecular flexibility index (Phi) is 3.76. The number of nitrogens with zero attached hydrogens (tertiary/aromatic N) is 2.